The zero-order valence-electron chi connectivity index (χ0n) is 14.5. The van der Waals surface area contributed by atoms with Crippen molar-refractivity contribution < 1.29 is 28.3 Å². The zero-order chi connectivity index (χ0) is 19.3. The number of amides is 2. The number of likely N-dealkylation sites (N-methyl/N-ethyl adjacent to an activating group) is 1. The molecule has 0 spiro atoms. The van der Waals surface area contributed by atoms with E-state index in [4.69, 9.17) is 5.11 Å². The van der Waals surface area contributed by atoms with Gasteiger partial charge in [0.2, 0.25) is 5.91 Å². The number of nitrogens with zero attached hydrogens (tertiary/aromatic N) is 1. The Labute approximate surface area is 144 Å². The number of halogens is 2. The van der Waals surface area contributed by atoms with E-state index in [9.17, 15) is 23.2 Å². The second kappa shape index (κ2) is 8.55. The Morgan fingerprint density at radius 2 is 1.68 bits per heavy atom. The molecule has 1 aromatic rings. The molecular formula is C17H22F2N2O4. The molecule has 0 saturated carbocycles. The summed E-state index contributed by atoms with van der Waals surface area (Å²) in [4.78, 5) is 36.8. The lowest BCUT2D eigenvalue weighted by molar-refractivity contribution is -0.143. The summed E-state index contributed by atoms with van der Waals surface area (Å²) in [7, 11) is 1.41. The van der Waals surface area contributed by atoms with E-state index in [1.165, 1.54) is 18.9 Å². The molecule has 2 atom stereocenters. The SMILES string of the molecule is CC(CN(C)C(=O)C(NC(=O)c1c(F)cccc1F)C(C)C)C(=O)O. The van der Waals surface area contributed by atoms with Crippen molar-refractivity contribution in [2.45, 2.75) is 26.8 Å². The molecule has 2 N–H and O–H groups in total. The molecule has 0 bridgehead atoms. The molecule has 0 aliphatic carbocycles. The minimum Gasteiger partial charge on any atom is -0.481 e. The first-order valence-electron chi connectivity index (χ1n) is 7.78. The molecule has 0 heterocycles. The second-order valence-corrected chi connectivity index (χ2v) is 6.25. The Hall–Kier alpha value is -2.51. The lowest BCUT2D eigenvalue weighted by atomic mass is 10.0. The van der Waals surface area contributed by atoms with Gasteiger partial charge in [-0.05, 0) is 18.1 Å². The fraction of sp³-hybridized carbons (Fsp3) is 0.471. The summed E-state index contributed by atoms with van der Waals surface area (Å²) in [5, 5.41) is 11.3. The molecule has 8 heteroatoms. The van der Waals surface area contributed by atoms with Crippen molar-refractivity contribution in [1.29, 1.82) is 0 Å². The topological polar surface area (TPSA) is 86.7 Å². The number of aliphatic carboxylic acids is 1. The van der Waals surface area contributed by atoms with Crippen molar-refractivity contribution in [3.05, 3.63) is 35.4 Å². The predicted octanol–water partition coefficient (Wildman–Crippen LogP) is 1.90. The van der Waals surface area contributed by atoms with Gasteiger partial charge in [0, 0.05) is 13.6 Å². The van der Waals surface area contributed by atoms with Gasteiger partial charge >= 0.3 is 5.97 Å². The van der Waals surface area contributed by atoms with Crippen LogP contribution in [-0.2, 0) is 9.59 Å². The van der Waals surface area contributed by atoms with Crippen LogP contribution in [-0.4, -0.2) is 47.4 Å². The molecule has 138 valence electrons. The maximum absolute atomic E-state index is 13.7. The highest BCUT2D eigenvalue weighted by atomic mass is 19.1. The highest BCUT2D eigenvalue weighted by Crippen LogP contribution is 2.14. The third-order valence-electron chi connectivity index (χ3n) is 3.75. The molecular weight excluding hydrogens is 334 g/mol. The minimum atomic E-state index is -1.06. The van der Waals surface area contributed by atoms with Crippen LogP contribution in [0.2, 0.25) is 0 Å². The van der Waals surface area contributed by atoms with Crippen molar-refractivity contribution in [3.63, 3.8) is 0 Å². The predicted molar refractivity (Wildman–Crippen MR) is 86.9 cm³/mol. The van der Waals surface area contributed by atoms with Crippen molar-refractivity contribution in [2.75, 3.05) is 13.6 Å². The summed E-state index contributed by atoms with van der Waals surface area (Å²) in [6.07, 6.45) is 0. The number of rotatable bonds is 7. The molecule has 0 aliphatic heterocycles. The summed E-state index contributed by atoms with van der Waals surface area (Å²) in [6, 6.07) is 1.99. The fourth-order valence-electron chi connectivity index (χ4n) is 2.26. The van der Waals surface area contributed by atoms with E-state index >= 15 is 0 Å². The first-order chi connectivity index (χ1) is 11.6. The lowest BCUT2D eigenvalue weighted by Gasteiger charge is -2.28. The Kier molecular flexibility index (Phi) is 7.02. The Balaban J connectivity index is 2.95. The van der Waals surface area contributed by atoms with Gasteiger partial charge in [-0.15, -0.1) is 0 Å². The molecule has 25 heavy (non-hydrogen) atoms. The first-order valence-corrected chi connectivity index (χ1v) is 7.78. The summed E-state index contributed by atoms with van der Waals surface area (Å²) >= 11 is 0. The minimum absolute atomic E-state index is 0.0542. The van der Waals surface area contributed by atoms with E-state index in [-0.39, 0.29) is 12.5 Å². The maximum atomic E-state index is 13.7. The van der Waals surface area contributed by atoms with Gasteiger partial charge in [-0.25, -0.2) is 8.78 Å². The molecule has 1 rings (SSSR count). The summed E-state index contributed by atoms with van der Waals surface area (Å²) in [5.74, 6) is -5.84. The maximum Gasteiger partial charge on any atom is 0.308 e. The summed E-state index contributed by atoms with van der Waals surface area (Å²) < 4.78 is 27.4. The van der Waals surface area contributed by atoms with Crippen LogP contribution < -0.4 is 5.32 Å². The molecule has 1 aromatic carbocycles. The van der Waals surface area contributed by atoms with E-state index in [1.54, 1.807) is 13.8 Å². The molecule has 2 unspecified atom stereocenters. The van der Waals surface area contributed by atoms with Crippen molar-refractivity contribution in [1.82, 2.24) is 10.2 Å². The van der Waals surface area contributed by atoms with Crippen molar-refractivity contribution in [2.24, 2.45) is 11.8 Å². The van der Waals surface area contributed by atoms with Crippen molar-refractivity contribution in [3.8, 4) is 0 Å². The van der Waals surface area contributed by atoms with E-state index in [1.807, 2.05) is 0 Å². The van der Waals surface area contributed by atoms with Crippen LogP contribution in [0.15, 0.2) is 18.2 Å². The number of carboxylic acids is 1. The van der Waals surface area contributed by atoms with Gasteiger partial charge in [0.15, 0.2) is 0 Å². The van der Waals surface area contributed by atoms with Crippen LogP contribution in [0.25, 0.3) is 0 Å². The molecule has 0 aliphatic rings. The standard InChI is InChI=1S/C17H22F2N2O4/c1-9(2)14(16(23)21(4)8-10(3)17(24)25)20-15(22)13-11(18)6-5-7-12(13)19/h5-7,9-10,14H,8H2,1-4H3,(H,20,22)(H,24,25). The van der Waals surface area contributed by atoms with E-state index in [0.717, 1.165) is 18.2 Å². The van der Waals surface area contributed by atoms with E-state index in [2.05, 4.69) is 5.32 Å². The number of carbonyl (C=O) groups excluding carboxylic acids is 2. The number of hydrogen-bond donors (Lipinski definition) is 2. The van der Waals surface area contributed by atoms with Gasteiger partial charge in [0.25, 0.3) is 5.91 Å². The monoisotopic (exact) mass is 356 g/mol. The zero-order valence-corrected chi connectivity index (χ0v) is 14.5. The highest BCUT2D eigenvalue weighted by Gasteiger charge is 2.30. The molecule has 6 nitrogen and oxygen atoms in total. The average molecular weight is 356 g/mol. The van der Waals surface area contributed by atoms with E-state index in [0.29, 0.717) is 0 Å². The smallest absolute Gasteiger partial charge is 0.308 e. The fourth-order valence-corrected chi connectivity index (χ4v) is 2.26. The number of nitrogens with one attached hydrogen (secondary N) is 1. The van der Waals surface area contributed by atoms with Gasteiger partial charge in [-0.3, -0.25) is 14.4 Å². The third kappa shape index (κ3) is 5.23. The molecule has 0 fully saturated rings. The van der Waals surface area contributed by atoms with E-state index < -0.39 is 46.9 Å². The lowest BCUT2D eigenvalue weighted by Crippen LogP contribution is -2.51. The van der Waals surface area contributed by atoms with Crippen LogP contribution >= 0.6 is 0 Å². The van der Waals surface area contributed by atoms with Crippen LogP contribution in [0.1, 0.15) is 31.1 Å². The largest absolute Gasteiger partial charge is 0.481 e. The molecule has 0 saturated heterocycles. The Bertz CT molecular complexity index is 644. The quantitative estimate of drug-likeness (QED) is 0.781. The molecule has 0 aromatic heterocycles. The van der Waals surface area contributed by atoms with Crippen LogP contribution in [0.3, 0.4) is 0 Å². The number of hydrogen-bond acceptors (Lipinski definition) is 3. The Morgan fingerprint density at radius 3 is 2.12 bits per heavy atom. The average Bonchev–Trinajstić information content (AvgIpc) is 2.51. The van der Waals surface area contributed by atoms with Gasteiger partial charge in [0.05, 0.1) is 5.92 Å². The van der Waals surface area contributed by atoms with Gasteiger partial charge < -0.3 is 15.3 Å². The normalized spacial score (nSPS) is 13.2. The van der Waals surface area contributed by atoms with Crippen molar-refractivity contribution >= 4 is 17.8 Å². The summed E-state index contributed by atoms with van der Waals surface area (Å²) in [6.45, 7) is 4.72. The molecule has 2 amide bonds. The number of benzene rings is 1. The van der Waals surface area contributed by atoms with Crippen LogP contribution in [0.4, 0.5) is 8.78 Å². The van der Waals surface area contributed by atoms with Crippen LogP contribution in [0, 0.1) is 23.5 Å². The third-order valence-corrected chi connectivity index (χ3v) is 3.75. The highest BCUT2D eigenvalue weighted by molar-refractivity contribution is 5.98. The summed E-state index contributed by atoms with van der Waals surface area (Å²) in [5.41, 5.74) is -0.762. The van der Waals surface area contributed by atoms with Crippen LogP contribution in [0.5, 0.6) is 0 Å². The first kappa shape index (κ1) is 20.5. The number of carboxylic acid groups (broad SMARTS) is 1. The van der Waals surface area contributed by atoms with Gasteiger partial charge in [-0.1, -0.05) is 26.8 Å². The molecule has 0 radical (unpaired) electrons. The second-order valence-electron chi connectivity index (χ2n) is 6.25. The number of carbonyl (C=O) groups is 3. The van der Waals surface area contributed by atoms with Gasteiger partial charge in [-0.2, -0.15) is 0 Å². The Morgan fingerprint density at radius 1 is 1.16 bits per heavy atom. The van der Waals surface area contributed by atoms with Gasteiger partial charge in [0.1, 0.15) is 23.2 Å².